The predicted molar refractivity (Wildman–Crippen MR) is 139 cm³/mol. The second kappa shape index (κ2) is 15.1. The Kier molecular flexibility index (Phi) is 11.8. The quantitative estimate of drug-likeness (QED) is 0.313. The molecule has 33 heavy (non-hydrogen) atoms. The Hall–Kier alpha value is -1.86. The molecule has 0 radical (unpaired) electrons. The lowest BCUT2D eigenvalue weighted by atomic mass is 9.96. The second-order valence-electron chi connectivity index (χ2n) is 9.37. The maximum Gasteiger partial charge on any atom is 0.220 e. The zero-order chi connectivity index (χ0) is 23.1. The summed E-state index contributed by atoms with van der Waals surface area (Å²) in [5.74, 6) is 1.01. The molecule has 2 aliphatic rings. The number of carbonyl (C=O) groups excluding carboxylic acids is 1. The molecule has 1 saturated carbocycles. The highest BCUT2D eigenvalue weighted by atomic mass is 32.1. The summed E-state index contributed by atoms with van der Waals surface area (Å²) in [6.45, 7) is 5.37. The third kappa shape index (κ3) is 10.7. The van der Waals surface area contributed by atoms with E-state index >= 15 is 0 Å². The van der Waals surface area contributed by atoms with Gasteiger partial charge in [-0.05, 0) is 81.5 Å². The molecule has 184 valence electrons. The van der Waals surface area contributed by atoms with Gasteiger partial charge in [0.05, 0.1) is 6.61 Å². The van der Waals surface area contributed by atoms with Crippen molar-refractivity contribution in [3.63, 3.8) is 0 Å². The molecule has 3 rings (SSSR count). The summed E-state index contributed by atoms with van der Waals surface area (Å²) in [7, 11) is 0. The number of carbonyl (C=O) groups is 1. The van der Waals surface area contributed by atoms with E-state index in [0.29, 0.717) is 25.6 Å². The van der Waals surface area contributed by atoms with Gasteiger partial charge in [0.1, 0.15) is 5.75 Å². The Balaban J connectivity index is 1.18. The molecule has 0 spiro atoms. The third-order valence-corrected chi connectivity index (χ3v) is 6.73. The Morgan fingerprint density at radius 1 is 1.00 bits per heavy atom. The van der Waals surface area contributed by atoms with Crippen molar-refractivity contribution in [2.24, 2.45) is 0 Å². The van der Waals surface area contributed by atoms with Gasteiger partial charge in [-0.3, -0.25) is 9.69 Å². The van der Waals surface area contributed by atoms with Crippen molar-refractivity contribution in [2.45, 2.75) is 83.2 Å². The molecule has 1 aliphatic heterocycles. The summed E-state index contributed by atoms with van der Waals surface area (Å²) < 4.78 is 5.90. The molecular weight excluding hydrogens is 432 g/mol. The highest BCUT2D eigenvalue weighted by Gasteiger charge is 2.14. The smallest absolute Gasteiger partial charge is 0.220 e. The normalized spacial score (nSPS) is 17.3. The van der Waals surface area contributed by atoms with Gasteiger partial charge in [0, 0.05) is 32.1 Å². The van der Waals surface area contributed by atoms with Crippen molar-refractivity contribution in [1.29, 1.82) is 0 Å². The summed E-state index contributed by atoms with van der Waals surface area (Å²) >= 11 is 5.36. The molecule has 0 atom stereocenters. The van der Waals surface area contributed by atoms with Crippen molar-refractivity contribution in [1.82, 2.24) is 20.9 Å². The molecular formula is C26H42N4O2S. The van der Waals surface area contributed by atoms with E-state index < -0.39 is 0 Å². The Bertz CT molecular complexity index is 718. The predicted octanol–water partition coefficient (Wildman–Crippen LogP) is 4.13. The summed E-state index contributed by atoms with van der Waals surface area (Å²) in [6, 6.07) is 8.92. The zero-order valence-electron chi connectivity index (χ0n) is 20.1. The lowest BCUT2D eigenvalue weighted by Crippen LogP contribution is -2.43. The van der Waals surface area contributed by atoms with Gasteiger partial charge in [0.15, 0.2) is 5.11 Å². The molecule has 1 amide bonds. The number of amides is 1. The first-order chi connectivity index (χ1) is 16.2. The topological polar surface area (TPSA) is 65.6 Å². The van der Waals surface area contributed by atoms with Crippen LogP contribution in [-0.4, -0.2) is 54.7 Å². The zero-order valence-corrected chi connectivity index (χ0v) is 20.9. The SMILES string of the molecule is O=C(CCCNC(=S)NC1CCCCC1)NCCCOc1cccc(CN2CCCCC2)c1. The van der Waals surface area contributed by atoms with Crippen molar-refractivity contribution < 1.29 is 9.53 Å². The second-order valence-corrected chi connectivity index (χ2v) is 9.78. The molecule has 1 saturated heterocycles. The largest absolute Gasteiger partial charge is 0.494 e. The molecule has 1 aliphatic carbocycles. The van der Waals surface area contributed by atoms with Crippen molar-refractivity contribution in [2.75, 3.05) is 32.8 Å². The van der Waals surface area contributed by atoms with E-state index in [1.807, 2.05) is 6.07 Å². The number of benzene rings is 1. The van der Waals surface area contributed by atoms with Crippen LogP contribution in [0.3, 0.4) is 0 Å². The number of thiocarbonyl (C=S) groups is 1. The first kappa shape index (κ1) is 25.8. The Morgan fingerprint density at radius 3 is 2.58 bits per heavy atom. The number of rotatable bonds is 12. The molecule has 1 heterocycles. The van der Waals surface area contributed by atoms with Crippen LogP contribution < -0.4 is 20.7 Å². The minimum Gasteiger partial charge on any atom is -0.494 e. The van der Waals surface area contributed by atoms with E-state index in [1.54, 1.807) is 0 Å². The molecule has 7 heteroatoms. The maximum absolute atomic E-state index is 12.0. The fourth-order valence-electron chi connectivity index (χ4n) is 4.62. The molecule has 0 bridgehead atoms. The van der Waals surface area contributed by atoms with Crippen LogP contribution in [0.15, 0.2) is 24.3 Å². The third-order valence-electron chi connectivity index (χ3n) is 6.47. The number of piperidine rings is 1. The van der Waals surface area contributed by atoms with Crippen LogP contribution in [0.1, 0.15) is 76.2 Å². The molecule has 1 aromatic rings. The van der Waals surface area contributed by atoms with Gasteiger partial charge >= 0.3 is 0 Å². The van der Waals surface area contributed by atoms with Crippen LogP contribution in [0.25, 0.3) is 0 Å². The van der Waals surface area contributed by atoms with Crippen LogP contribution >= 0.6 is 12.2 Å². The monoisotopic (exact) mass is 474 g/mol. The molecule has 0 unspecified atom stereocenters. The van der Waals surface area contributed by atoms with Crippen LogP contribution in [0.5, 0.6) is 5.75 Å². The van der Waals surface area contributed by atoms with Crippen LogP contribution in [0.2, 0.25) is 0 Å². The number of hydrogen-bond donors (Lipinski definition) is 3. The molecule has 1 aromatic carbocycles. The van der Waals surface area contributed by atoms with Gasteiger partial charge in [0.2, 0.25) is 5.91 Å². The van der Waals surface area contributed by atoms with E-state index in [2.05, 4.69) is 39.0 Å². The van der Waals surface area contributed by atoms with E-state index in [1.165, 1.54) is 70.0 Å². The Labute approximate surface area is 205 Å². The first-order valence-corrected chi connectivity index (χ1v) is 13.3. The number of hydrogen-bond acceptors (Lipinski definition) is 4. The van der Waals surface area contributed by atoms with Crippen molar-refractivity contribution in [3.05, 3.63) is 29.8 Å². The molecule has 6 nitrogen and oxygen atoms in total. The summed E-state index contributed by atoms with van der Waals surface area (Å²) in [4.78, 5) is 14.6. The average molecular weight is 475 g/mol. The van der Waals surface area contributed by atoms with Crippen LogP contribution in [0, 0.1) is 0 Å². The molecule has 3 N–H and O–H groups in total. The van der Waals surface area contributed by atoms with Gasteiger partial charge in [-0.1, -0.05) is 37.8 Å². The Morgan fingerprint density at radius 2 is 1.76 bits per heavy atom. The minimum absolute atomic E-state index is 0.0893. The number of ether oxygens (including phenoxy) is 1. The van der Waals surface area contributed by atoms with E-state index in [9.17, 15) is 4.79 Å². The molecule has 2 fully saturated rings. The van der Waals surface area contributed by atoms with Gasteiger partial charge in [-0.25, -0.2) is 0 Å². The minimum atomic E-state index is 0.0893. The van der Waals surface area contributed by atoms with E-state index in [4.69, 9.17) is 17.0 Å². The van der Waals surface area contributed by atoms with E-state index in [-0.39, 0.29) is 5.91 Å². The van der Waals surface area contributed by atoms with Gasteiger partial charge in [0.25, 0.3) is 0 Å². The summed E-state index contributed by atoms with van der Waals surface area (Å²) in [5, 5.41) is 10.3. The first-order valence-electron chi connectivity index (χ1n) is 12.9. The lowest BCUT2D eigenvalue weighted by molar-refractivity contribution is -0.121. The molecule has 0 aromatic heterocycles. The van der Waals surface area contributed by atoms with Crippen molar-refractivity contribution >= 4 is 23.2 Å². The van der Waals surface area contributed by atoms with Gasteiger partial charge < -0.3 is 20.7 Å². The van der Waals surface area contributed by atoms with E-state index in [0.717, 1.165) is 36.8 Å². The number of nitrogens with one attached hydrogen (secondary N) is 3. The average Bonchev–Trinajstić information content (AvgIpc) is 2.83. The van der Waals surface area contributed by atoms with Crippen LogP contribution in [-0.2, 0) is 11.3 Å². The number of nitrogens with zero attached hydrogens (tertiary/aromatic N) is 1. The standard InChI is InChI=1S/C26H42N4O2S/c31-25(14-8-15-28-26(33)29-23-11-3-1-4-12-23)27-16-9-19-32-24-13-7-10-22(20-24)21-30-17-5-2-6-18-30/h7,10,13,20,23H,1-6,8-9,11-12,14-19,21H2,(H,27,31)(H2,28,29,33). The fourth-order valence-corrected chi connectivity index (χ4v) is 4.89. The highest BCUT2D eigenvalue weighted by Crippen LogP contribution is 2.18. The summed E-state index contributed by atoms with van der Waals surface area (Å²) in [5.41, 5.74) is 1.31. The lowest BCUT2D eigenvalue weighted by Gasteiger charge is -2.26. The van der Waals surface area contributed by atoms with Crippen molar-refractivity contribution in [3.8, 4) is 5.75 Å². The number of likely N-dealkylation sites (tertiary alicyclic amines) is 1. The fraction of sp³-hybridized carbons (Fsp3) is 0.692. The van der Waals surface area contributed by atoms with Gasteiger partial charge in [-0.2, -0.15) is 0 Å². The highest BCUT2D eigenvalue weighted by molar-refractivity contribution is 7.80. The maximum atomic E-state index is 12.0. The van der Waals surface area contributed by atoms with Crippen LogP contribution in [0.4, 0.5) is 0 Å². The summed E-state index contributed by atoms with van der Waals surface area (Å²) in [6.07, 6.45) is 12.4. The van der Waals surface area contributed by atoms with Gasteiger partial charge in [-0.15, -0.1) is 0 Å².